The van der Waals surface area contributed by atoms with Crippen molar-refractivity contribution in [1.82, 2.24) is 20.2 Å². The normalized spacial score (nSPS) is 20.8. The molecule has 1 aliphatic carbocycles. The first-order valence-corrected chi connectivity index (χ1v) is 12.7. The van der Waals surface area contributed by atoms with Crippen molar-refractivity contribution < 1.29 is 27.8 Å². The van der Waals surface area contributed by atoms with Crippen LogP contribution in [-0.2, 0) is 4.79 Å². The lowest BCUT2D eigenvalue weighted by atomic mass is 9.96. The molecule has 0 radical (unpaired) electrons. The summed E-state index contributed by atoms with van der Waals surface area (Å²) in [5.41, 5.74) is 2.00. The van der Waals surface area contributed by atoms with Crippen molar-refractivity contribution in [2.24, 2.45) is 0 Å². The minimum atomic E-state index is -4.90. The van der Waals surface area contributed by atoms with Crippen LogP contribution in [0.4, 0.5) is 19.0 Å². The van der Waals surface area contributed by atoms with Gasteiger partial charge in [-0.15, -0.1) is 13.2 Å². The van der Waals surface area contributed by atoms with Crippen molar-refractivity contribution in [2.75, 3.05) is 37.6 Å². The standard InChI is InChI=1S/C25H31ClF3N5O3/c1-14(2)30-12-17(16-4-5-18(26)20(11-16)37-25(27,28)29)24(36)34-8-6-33(7-9-34)23-21-15(3)10-19(35)22(21)31-13-32-23/h4-5,11,13-15,17,19,30,35H,6-10,12H2,1-3H3/t15-,17?,19-/m1/s1. The summed E-state index contributed by atoms with van der Waals surface area (Å²) in [6.07, 6.45) is -3.44. The van der Waals surface area contributed by atoms with Gasteiger partial charge < -0.3 is 25.0 Å². The van der Waals surface area contributed by atoms with E-state index in [4.69, 9.17) is 11.6 Å². The largest absolute Gasteiger partial charge is 0.573 e. The van der Waals surface area contributed by atoms with Gasteiger partial charge in [0, 0.05) is 44.3 Å². The van der Waals surface area contributed by atoms with Crippen LogP contribution in [0.3, 0.4) is 0 Å². The molecule has 1 aromatic carbocycles. The maximum Gasteiger partial charge on any atom is 0.573 e. The molecule has 1 amide bonds. The number of anilines is 1. The number of halogens is 4. The third-order valence-electron chi connectivity index (χ3n) is 6.78. The van der Waals surface area contributed by atoms with E-state index in [1.54, 1.807) is 11.0 Å². The molecule has 8 nitrogen and oxygen atoms in total. The zero-order chi connectivity index (χ0) is 26.9. The van der Waals surface area contributed by atoms with Crippen LogP contribution in [0.1, 0.15) is 62.0 Å². The smallest absolute Gasteiger partial charge is 0.404 e. The number of benzene rings is 1. The highest BCUT2D eigenvalue weighted by Crippen LogP contribution is 2.43. The summed E-state index contributed by atoms with van der Waals surface area (Å²) in [4.78, 5) is 26.2. The summed E-state index contributed by atoms with van der Waals surface area (Å²) >= 11 is 5.93. The Morgan fingerprint density at radius 2 is 1.95 bits per heavy atom. The Hall–Kier alpha value is -2.63. The van der Waals surface area contributed by atoms with Crippen LogP contribution in [0.2, 0.25) is 5.02 Å². The maximum absolute atomic E-state index is 13.6. The quantitative estimate of drug-likeness (QED) is 0.547. The topological polar surface area (TPSA) is 90.8 Å². The van der Waals surface area contributed by atoms with Crippen molar-refractivity contribution in [3.63, 3.8) is 0 Å². The number of hydrogen-bond acceptors (Lipinski definition) is 7. The van der Waals surface area contributed by atoms with Gasteiger partial charge in [0.15, 0.2) is 0 Å². The molecule has 2 aliphatic rings. The number of carbonyl (C=O) groups is 1. The summed E-state index contributed by atoms with van der Waals surface area (Å²) < 4.78 is 42.7. The number of rotatable bonds is 7. The van der Waals surface area contributed by atoms with Gasteiger partial charge in [-0.05, 0) is 30.0 Å². The highest BCUT2D eigenvalue weighted by Gasteiger charge is 2.36. The number of piperazine rings is 1. The van der Waals surface area contributed by atoms with Gasteiger partial charge in [-0.2, -0.15) is 0 Å². The van der Waals surface area contributed by atoms with Crippen molar-refractivity contribution in [3.05, 3.63) is 46.4 Å². The average molecular weight is 542 g/mol. The van der Waals surface area contributed by atoms with Crippen LogP contribution >= 0.6 is 11.6 Å². The van der Waals surface area contributed by atoms with Crippen LogP contribution in [0.15, 0.2) is 24.5 Å². The molecule has 3 atom stereocenters. The molecule has 1 saturated heterocycles. The van der Waals surface area contributed by atoms with E-state index in [0.29, 0.717) is 43.9 Å². The van der Waals surface area contributed by atoms with Gasteiger partial charge in [-0.3, -0.25) is 4.79 Å². The van der Waals surface area contributed by atoms with E-state index < -0.39 is 24.1 Å². The Morgan fingerprint density at radius 1 is 1.24 bits per heavy atom. The zero-order valence-electron chi connectivity index (χ0n) is 20.9. The average Bonchev–Trinajstić information content (AvgIpc) is 3.13. The van der Waals surface area contributed by atoms with Gasteiger partial charge in [0.1, 0.15) is 17.9 Å². The van der Waals surface area contributed by atoms with Gasteiger partial charge in [0.2, 0.25) is 5.91 Å². The number of alkyl halides is 3. The summed E-state index contributed by atoms with van der Waals surface area (Å²) in [5, 5.41) is 13.3. The number of nitrogens with one attached hydrogen (secondary N) is 1. The van der Waals surface area contributed by atoms with E-state index in [1.165, 1.54) is 18.5 Å². The third kappa shape index (κ3) is 6.27. The molecule has 0 saturated carbocycles. The Kier molecular flexibility index (Phi) is 8.15. The number of aliphatic hydroxyl groups excluding tert-OH is 1. The molecular weight excluding hydrogens is 511 g/mol. The molecule has 0 spiro atoms. The van der Waals surface area contributed by atoms with Gasteiger partial charge >= 0.3 is 6.36 Å². The minimum absolute atomic E-state index is 0.0718. The minimum Gasteiger partial charge on any atom is -0.404 e. The predicted octanol–water partition coefficient (Wildman–Crippen LogP) is 4.00. The number of hydrogen-bond donors (Lipinski definition) is 2. The lowest BCUT2D eigenvalue weighted by Gasteiger charge is -2.38. The number of carbonyl (C=O) groups excluding carboxylic acids is 1. The van der Waals surface area contributed by atoms with Crippen molar-refractivity contribution in [1.29, 1.82) is 0 Å². The highest BCUT2D eigenvalue weighted by molar-refractivity contribution is 6.32. The van der Waals surface area contributed by atoms with Crippen LogP contribution < -0.4 is 15.0 Å². The van der Waals surface area contributed by atoms with Crippen LogP contribution in [0.25, 0.3) is 0 Å². The first-order valence-electron chi connectivity index (χ1n) is 12.3. The summed E-state index contributed by atoms with van der Waals surface area (Å²) in [6, 6.07) is 4.13. The maximum atomic E-state index is 13.6. The van der Waals surface area contributed by atoms with E-state index in [9.17, 15) is 23.1 Å². The monoisotopic (exact) mass is 541 g/mol. The molecule has 37 heavy (non-hydrogen) atoms. The second-order valence-corrected chi connectivity index (χ2v) is 10.2. The Morgan fingerprint density at radius 3 is 2.59 bits per heavy atom. The number of aliphatic hydroxyl groups is 1. The van der Waals surface area contributed by atoms with E-state index in [1.807, 2.05) is 20.8 Å². The number of ether oxygens (including phenoxy) is 1. The zero-order valence-corrected chi connectivity index (χ0v) is 21.7. The van der Waals surface area contributed by atoms with Gasteiger partial charge in [-0.1, -0.05) is 38.4 Å². The van der Waals surface area contributed by atoms with Crippen molar-refractivity contribution in [3.8, 4) is 5.75 Å². The number of nitrogens with zero attached hydrogens (tertiary/aromatic N) is 4. The Labute approximate surface area is 218 Å². The summed E-state index contributed by atoms with van der Waals surface area (Å²) in [5.74, 6) is -0.533. The first kappa shape index (κ1) is 27.4. The third-order valence-corrected chi connectivity index (χ3v) is 7.09. The Balaban J connectivity index is 1.51. The first-order chi connectivity index (χ1) is 17.4. The molecular formula is C25H31ClF3N5O3. The fourth-order valence-corrected chi connectivity index (χ4v) is 5.11. The molecule has 1 aliphatic heterocycles. The summed E-state index contributed by atoms with van der Waals surface area (Å²) in [6.45, 7) is 8.06. The Bertz CT molecular complexity index is 1130. The molecule has 4 rings (SSSR count). The van der Waals surface area contributed by atoms with E-state index >= 15 is 0 Å². The van der Waals surface area contributed by atoms with Gasteiger partial charge in [0.25, 0.3) is 0 Å². The predicted molar refractivity (Wildman–Crippen MR) is 133 cm³/mol. The van der Waals surface area contributed by atoms with E-state index in [2.05, 4.69) is 24.9 Å². The SMILES string of the molecule is CC(C)NCC(C(=O)N1CCN(c2ncnc3c2[C@H](C)C[C@H]3O)CC1)c1ccc(Cl)c(OC(F)(F)F)c1. The van der Waals surface area contributed by atoms with E-state index in [-0.39, 0.29) is 29.4 Å². The molecule has 1 unspecified atom stereocenters. The van der Waals surface area contributed by atoms with Crippen LogP contribution in [0, 0.1) is 0 Å². The number of fused-ring (bicyclic) bond motifs is 1. The second-order valence-electron chi connectivity index (χ2n) is 9.81. The molecule has 1 fully saturated rings. The number of amides is 1. The molecule has 2 heterocycles. The molecule has 1 aromatic heterocycles. The summed E-state index contributed by atoms with van der Waals surface area (Å²) in [7, 11) is 0. The lowest BCUT2D eigenvalue weighted by molar-refractivity contribution is -0.274. The van der Waals surface area contributed by atoms with E-state index in [0.717, 1.165) is 11.4 Å². The number of aromatic nitrogens is 2. The van der Waals surface area contributed by atoms with Gasteiger partial charge in [0.05, 0.1) is 22.7 Å². The molecule has 12 heteroatoms. The molecule has 0 bridgehead atoms. The van der Waals surface area contributed by atoms with Crippen LogP contribution in [-0.4, -0.2) is 71.0 Å². The van der Waals surface area contributed by atoms with Crippen molar-refractivity contribution in [2.45, 2.75) is 57.5 Å². The lowest BCUT2D eigenvalue weighted by Crippen LogP contribution is -2.51. The van der Waals surface area contributed by atoms with Crippen molar-refractivity contribution >= 4 is 23.3 Å². The second kappa shape index (κ2) is 11.0. The van der Waals surface area contributed by atoms with Crippen LogP contribution in [0.5, 0.6) is 5.75 Å². The van der Waals surface area contributed by atoms with Gasteiger partial charge in [-0.25, -0.2) is 9.97 Å². The molecule has 2 N–H and O–H groups in total. The highest BCUT2D eigenvalue weighted by atomic mass is 35.5. The fourth-order valence-electron chi connectivity index (χ4n) is 4.95. The molecule has 202 valence electrons. The fraction of sp³-hybridized carbons (Fsp3) is 0.560. The molecule has 2 aromatic rings.